The summed E-state index contributed by atoms with van der Waals surface area (Å²) in [6.45, 7) is 5.53. The summed E-state index contributed by atoms with van der Waals surface area (Å²) in [6.07, 6.45) is 2.69. The van der Waals surface area contributed by atoms with Crippen molar-refractivity contribution < 1.29 is 23.9 Å². The van der Waals surface area contributed by atoms with Crippen molar-refractivity contribution >= 4 is 34.8 Å². The molecule has 0 aliphatic carbocycles. The zero-order valence-corrected chi connectivity index (χ0v) is 19.2. The van der Waals surface area contributed by atoms with Crippen molar-refractivity contribution in [1.82, 2.24) is 19.5 Å². The van der Waals surface area contributed by atoms with E-state index < -0.39 is 23.5 Å². The Bertz CT molecular complexity index is 1030. The van der Waals surface area contributed by atoms with Crippen LogP contribution in [-0.4, -0.2) is 56.5 Å². The van der Waals surface area contributed by atoms with Crippen LogP contribution >= 0.6 is 0 Å². The Balaban J connectivity index is 2.05. The minimum absolute atomic E-state index is 0.0100. The first-order valence-corrected chi connectivity index (χ1v) is 10.9. The Morgan fingerprint density at radius 3 is 2.61 bits per heavy atom. The van der Waals surface area contributed by atoms with Crippen LogP contribution in [0.25, 0.3) is 11.2 Å². The maximum atomic E-state index is 12.1. The zero-order valence-electron chi connectivity index (χ0n) is 19.2. The van der Waals surface area contributed by atoms with Gasteiger partial charge in [-0.1, -0.05) is 13.8 Å². The Hall–Kier alpha value is -3.28. The normalized spacial score (nSPS) is 13.1. The Morgan fingerprint density at radius 2 is 1.94 bits per heavy atom. The SMILES string of the molecule is CC(=O)CCCC(=O)OC[C@H](CCOC(=O)[C@@H](N)C(C)C)Cn1cnc2c(=O)[nH]c(N)nc21. The number of rotatable bonds is 13. The van der Waals surface area contributed by atoms with Crippen LogP contribution in [0.1, 0.15) is 46.5 Å². The Morgan fingerprint density at radius 1 is 1.21 bits per heavy atom. The molecule has 0 radical (unpaired) electrons. The van der Waals surface area contributed by atoms with Gasteiger partial charge in [-0.2, -0.15) is 4.98 Å². The molecule has 0 spiro atoms. The van der Waals surface area contributed by atoms with E-state index in [1.807, 2.05) is 13.8 Å². The van der Waals surface area contributed by atoms with Gasteiger partial charge in [-0.15, -0.1) is 0 Å². The third kappa shape index (κ3) is 7.97. The van der Waals surface area contributed by atoms with Crippen molar-refractivity contribution in [2.75, 3.05) is 18.9 Å². The fourth-order valence-electron chi connectivity index (χ4n) is 3.07. The fourth-order valence-corrected chi connectivity index (χ4v) is 3.07. The molecule has 0 saturated carbocycles. The lowest BCUT2D eigenvalue weighted by molar-refractivity contribution is -0.149. The van der Waals surface area contributed by atoms with Gasteiger partial charge in [0.05, 0.1) is 19.5 Å². The Kier molecular flexibility index (Phi) is 9.52. The number of carbonyl (C=O) groups excluding carboxylic acids is 3. The summed E-state index contributed by atoms with van der Waals surface area (Å²) in [7, 11) is 0. The maximum absolute atomic E-state index is 12.1. The number of aromatic amines is 1. The second kappa shape index (κ2) is 12.1. The third-order valence-corrected chi connectivity index (χ3v) is 5.10. The first-order chi connectivity index (χ1) is 15.6. The molecular weight excluding hydrogens is 432 g/mol. The van der Waals surface area contributed by atoms with Crippen LogP contribution in [0.15, 0.2) is 11.1 Å². The Labute approximate surface area is 191 Å². The van der Waals surface area contributed by atoms with Gasteiger partial charge < -0.3 is 30.3 Å². The monoisotopic (exact) mass is 464 g/mol. The summed E-state index contributed by atoms with van der Waals surface area (Å²) in [6, 6.07) is -0.723. The fraction of sp³-hybridized carbons (Fsp3) is 0.619. The average molecular weight is 465 g/mol. The number of ether oxygens (including phenoxy) is 2. The second-order valence-electron chi connectivity index (χ2n) is 8.35. The molecule has 2 rings (SSSR count). The van der Waals surface area contributed by atoms with E-state index in [-0.39, 0.29) is 48.7 Å². The van der Waals surface area contributed by atoms with Crippen LogP contribution in [0, 0.1) is 11.8 Å². The summed E-state index contributed by atoms with van der Waals surface area (Å²) >= 11 is 0. The number of H-pyrrole nitrogens is 1. The molecule has 0 fully saturated rings. The number of carbonyl (C=O) groups is 3. The minimum atomic E-state index is -0.723. The maximum Gasteiger partial charge on any atom is 0.323 e. The molecule has 33 heavy (non-hydrogen) atoms. The molecule has 5 N–H and O–H groups in total. The summed E-state index contributed by atoms with van der Waals surface area (Å²) in [4.78, 5) is 57.7. The molecule has 12 heteroatoms. The number of hydrogen-bond donors (Lipinski definition) is 3. The zero-order chi connectivity index (χ0) is 24.5. The minimum Gasteiger partial charge on any atom is -0.465 e. The largest absolute Gasteiger partial charge is 0.465 e. The standard InChI is InChI=1S/C21H32N6O6/c1-12(2)16(22)20(31)32-8-7-14(10-33-15(29)6-4-5-13(3)28)9-27-11-24-17-18(27)25-21(23)26-19(17)30/h11-12,14,16H,4-10,22H2,1-3H3,(H3,23,25,26,30)/t14-,16+/m1/s1. The highest BCUT2D eigenvalue weighted by molar-refractivity contribution is 5.76. The van der Waals surface area contributed by atoms with E-state index in [1.54, 1.807) is 4.57 Å². The highest BCUT2D eigenvalue weighted by Crippen LogP contribution is 2.14. The molecular formula is C21H32N6O6. The highest BCUT2D eigenvalue weighted by Gasteiger charge is 2.21. The van der Waals surface area contributed by atoms with Gasteiger partial charge in [-0.25, -0.2) is 4.98 Å². The van der Waals surface area contributed by atoms with E-state index in [0.717, 1.165) is 0 Å². The van der Waals surface area contributed by atoms with Crippen molar-refractivity contribution in [2.24, 2.45) is 17.6 Å². The van der Waals surface area contributed by atoms with E-state index in [2.05, 4.69) is 15.0 Å². The van der Waals surface area contributed by atoms with Gasteiger partial charge in [0.15, 0.2) is 11.2 Å². The summed E-state index contributed by atoms with van der Waals surface area (Å²) in [5.74, 6) is -1.29. The molecule has 0 saturated heterocycles. The number of imidazole rings is 1. The van der Waals surface area contributed by atoms with Crippen LogP contribution in [0.5, 0.6) is 0 Å². The van der Waals surface area contributed by atoms with Crippen molar-refractivity contribution in [3.8, 4) is 0 Å². The highest BCUT2D eigenvalue weighted by atomic mass is 16.5. The molecule has 182 valence electrons. The lowest BCUT2D eigenvalue weighted by Crippen LogP contribution is -2.37. The van der Waals surface area contributed by atoms with Gasteiger partial charge in [-0.3, -0.25) is 19.4 Å². The molecule has 0 amide bonds. The molecule has 0 aliphatic rings. The number of nitrogens with one attached hydrogen (secondary N) is 1. The second-order valence-corrected chi connectivity index (χ2v) is 8.35. The number of Topliss-reactive ketones (excluding diaryl/α,β-unsaturated/α-hetero) is 1. The number of nitrogens with two attached hydrogens (primary N) is 2. The molecule has 2 atom stereocenters. The quantitative estimate of drug-likeness (QED) is 0.353. The van der Waals surface area contributed by atoms with E-state index in [0.29, 0.717) is 31.5 Å². The number of ketones is 1. The molecule has 12 nitrogen and oxygen atoms in total. The topological polar surface area (TPSA) is 185 Å². The smallest absolute Gasteiger partial charge is 0.323 e. The van der Waals surface area contributed by atoms with Crippen molar-refractivity contribution in [2.45, 2.75) is 59.0 Å². The first-order valence-electron chi connectivity index (χ1n) is 10.9. The molecule has 2 aromatic rings. The van der Waals surface area contributed by atoms with Gasteiger partial charge in [0.1, 0.15) is 11.8 Å². The third-order valence-electron chi connectivity index (χ3n) is 5.10. The average Bonchev–Trinajstić information content (AvgIpc) is 3.13. The predicted octanol–water partition coefficient (Wildman–Crippen LogP) is 0.537. The molecule has 0 aliphatic heterocycles. The predicted molar refractivity (Wildman–Crippen MR) is 120 cm³/mol. The molecule has 0 aromatic carbocycles. The number of fused-ring (bicyclic) bond motifs is 1. The molecule has 2 aromatic heterocycles. The molecule has 2 heterocycles. The van der Waals surface area contributed by atoms with Crippen LogP contribution in [-0.2, 0) is 30.4 Å². The van der Waals surface area contributed by atoms with E-state index >= 15 is 0 Å². The van der Waals surface area contributed by atoms with Crippen LogP contribution in [0.3, 0.4) is 0 Å². The summed E-state index contributed by atoms with van der Waals surface area (Å²) in [5.41, 5.74) is 11.4. The van der Waals surface area contributed by atoms with Gasteiger partial charge in [0.25, 0.3) is 5.56 Å². The number of esters is 2. The van der Waals surface area contributed by atoms with Gasteiger partial charge in [-0.05, 0) is 25.7 Å². The van der Waals surface area contributed by atoms with E-state index in [1.165, 1.54) is 13.3 Å². The number of nitrogens with zero attached hydrogens (tertiary/aromatic N) is 3. The molecule has 0 unspecified atom stereocenters. The van der Waals surface area contributed by atoms with Crippen molar-refractivity contribution in [1.29, 1.82) is 0 Å². The van der Waals surface area contributed by atoms with Gasteiger partial charge in [0.2, 0.25) is 5.95 Å². The number of nitrogen functional groups attached to an aromatic ring is 1. The molecule has 0 bridgehead atoms. The van der Waals surface area contributed by atoms with Crippen molar-refractivity contribution in [3.63, 3.8) is 0 Å². The van der Waals surface area contributed by atoms with E-state index in [9.17, 15) is 19.2 Å². The summed E-state index contributed by atoms with van der Waals surface area (Å²) in [5, 5.41) is 0. The lowest BCUT2D eigenvalue weighted by Gasteiger charge is -2.19. The number of anilines is 1. The van der Waals surface area contributed by atoms with Crippen molar-refractivity contribution in [3.05, 3.63) is 16.7 Å². The van der Waals surface area contributed by atoms with Gasteiger partial charge in [0, 0.05) is 25.3 Å². The van der Waals surface area contributed by atoms with Crippen LogP contribution < -0.4 is 17.0 Å². The van der Waals surface area contributed by atoms with E-state index in [4.69, 9.17) is 20.9 Å². The summed E-state index contributed by atoms with van der Waals surface area (Å²) < 4.78 is 12.3. The van der Waals surface area contributed by atoms with Gasteiger partial charge >= 0.3 is 11.9 Å². The van der Waals surface area contributed by atoms with Crippen LogP contribution in [0.4, 0.5) is 5.95 Å². The number of hydrogen-bond acceptors (Lipinski definition) is 10. The first kappa shape index (κ1) is 26.0. The number of aromatic nitrogens is 4. The van der Waals surface area contributed by atoms with Crippen LogP contribution in [0.2, 0.25) is 0 Å². The lowest BCUT2D eigenvalue weighted by atomic mass is 10.1.